The van der Waals surface area contributed by atoms with Crippen molar-refractivity contribution in [1.82, 2.24) is 55.6 Å². The monoisotopic (exact) mass is 1380 g/mol. The normalized spacial score (nSPS) is 26.4. The van der Waals surface area contributed by atoms with Crippen LogP contribution < -0.4 is 21.3 Å². The van der Waals surface area contributed by atoms with E-state index >= 15 is 28.8 Å². The van der Waals surface area contributed by atoms with Crippen molar-refractivity contribution in [2.45, 2.75) is 260 Å². The standard InChI is InChI=1S/C70H127N11O14S/c1-25-27-32-46(13)59(84)58-63(88)73-49(26-2)65(90)79(22)54(40-96-34-31-29-28-30-33-82)55(83)39-75(18)53(38-70(16,17)95)62(87)74-56(44(9)10)68(93)76(19)50(35-41(3)4)61(86)71-47(14)60(85)72-48(15)64(89)77(20)51(36-42(5)6)66(91)78(21)52(37-43(7)8)67(92)80(23)57(45(11)12)69(94)81(58)24/h25,27,41-54,56-59,82,84,95H,26,28-40H2,1-24H3,(H,71,86)(H,72,85)(H,73,88)(H,74,87)/t46-,47+,48-,49+,50+,51+,52+,53+,54-,56+,57+,58+,59-/m1/s1. The van der Waals surface area contributed by atoms with Gasteiger partial charge in [0.2, 0.25) is 59.1 Å². The molecule has 7 N–H and O–H groups in total. The van der Waals surface area contributed by atoms with Gasteiger partial charge in [0.15, 0.2) is 5.78 Å². The zero-order valence-corrected chi connectivity index (χ0v) is 63.6. The van der Waals surface area contributed by atoms with Crippen LogP contribution in [0.3, 0.4) is 0 Å². The van der Waals surface area contributed by atoms with Crippen LogP contribution in [-0.4, -0.2) is 267 Å². The fourth-order valence-electron chi connectivity index (χ4n) is 12.0. The van der Waals surface area contributed by atoms with Crippen LogP contribution in [-0.2, 0) is 52.7 Å². The molecule has 0 aromatic heterocycles. The predicted octanol–water partition coefficient (Wildman–Crippen LogP) is 4.08. The number of amides is 10. The van der Waals surface area contributed by atoms with Crippen LogP contribution in [0.1, 0.15) is 182 Å². The molecule has 1 saturated heterocycles. The zero-order valence-electron chi connectivity index (χ0n) is 62.8. The first kappa shape index (κ1) is 88.3. The Morgan fingerprint density at radius 3 is 1.49 bits per heavy atom. The topological polar surface area (TPSA) is 319 Å². The highest BCUT2D eigenvalue weighted by molar-refractivity contribution is 7.99. The van der Waals surface area contributed by atoms with E-state index in [1.165, 1.54) is 118 Å². The number of likely N-dealkylation sites (N-methyl/N-ethyl adjacent to an activating group) is 7. The smallest absolute Gasteiger partial charge is 0.246 e. The lowest BCUT2D eigenvalue weighted by Crippen LogP contribution is -2.64. The summed E-state index contributed by atoms with van der Waals surface area (Å²) in [5.74, 6) is -9.14. The van der Waals surface area contributed by atoms with Crippen LogP contribution >= 0.6 is 11.8 Å². The van der Waals surface area contributed by atoms with Crippen LogP contribution in [0.15, 0.2) is 12.2 Å². The number of nitrogens with zero attached hydrogens (tertiary/aromatic N) is 7. The molecule has 0 saturated carbocycles. The Balaban J connectivity index is 4.50. The van der Waals surface area contributed by atoms with E-state index in [-0.39, 0.29) is 62.2 Å². The number of ketones is 1. The van der Waals surface area contributed by atoms with Gasteiger partial charge in [-0.25, -0.2) is 0 Å². The molecule has 552 valence electrons. The summed E-state index contributed by atoms with van der Waals surface area (Å²) in [6, 6.07) is -13.9. The van der Waals surface area contributed by atoms with Crippen LogP contribution in [0.2, 0.25) is 0 Å². The van der Waals surface area contributed by atoms with Crippen molar-refractivity contribution in [3.8, 4) is 0 Å². The Bertz CT molecular complexity index is 2580. The summed E-state index contributed by atoms with van der Waals surface area (Å²) >= 11 is 1.42. The van der Waals surface area contributed by atoms with E-state index in [1.807, 2.05) is 47.6 Å². The molecule has 1 aliphatic heterocycles. The summed E-state index contributed by atoms with van der Waals surface area (Å²) in [6.07, 6.45) is 5.48. The lowest BCUT2D eigenvalue weighted by Gasteiger charge is -2.41. The molecule has 0 aromatic rings. The molecule has 13 atom stereocenters. The first-order valence-electron chi connectivity index (χ1n) is 34.7. The molecular weight excluding hydrogens is 1250 g/mol. The quantitative estimate of drug-likeness (QED) is 0.0560. The number of thioether (sulfide) groups is 1. The third-order valence-electron chi connectivity index (χ3n) is 18.1. The number of carbonyl (C=O) groups is 11. The van der Waals surface area contributed by atoms with Gasteiger partial charge in [0.25, 0.3) is 0 Å². The molecule has 26 heteroatoms. The summed E-state index contributed by atoms with van der Waals surface area (Å²) in [6.45, 7) is 28.7. The predicted molar refractivity (Wildman–Crippen MR) is 377 cm³/mol. The van der Waals surface area contributed by atoms with Crippen LogP contribution in [0.4, 0.5) is 0 Å². The molecule has 1 fully saturated rings. The number of hydrogen-bond donors (Lipinski definition) is 7. The number of hydrogen-bond acceptors (Lipinski definition) is 16. The highest BCUT2D eigenvalue weighted by Gasteiger charge is 2.46. The minimum absolute atomic E-state index is 0.00397. The van der Waals surface area contributed by atoms with Crippen molar-refractivity contribution in [3.05, 3.63) is 12.2 Å². The number of aliphatic hydroxyl groups is 3. The van der Waals surface area contributed by atoms with E-state index in [1.54, 1.807) is 54.5 Å². The van der Waals surface area contributed by atoms with Crippen molar-refractivity contribution in [2.24, 2.45) is 35.5 Å². The van der Waals surface area contributed by atoms with E-state index < -0.39 is 167 Å². The Labute approximate surface area is 579 Å². The lowest BCUT2D eigenvalue weighted by molar-refractivity contribution is -0.157. The number of carbonyl (C=O) groups excluding carboxylic acids is 11. The SMILES string of the molecule is CC=CC[C@@H](C)[C@@H](O)[C@H]1C(=O)N[C@@H](CC)C(=O)N(C)[C@H](CSCCCCCCO)C(=O)CN(C)[C@@H](CC(C)(C)O)C(=O)N[C@@H](C(C)C)C(=O)N(C)[C@@H](CC(C)C)C(=O)N[C@@H](C)C(=O)N[C@H](C)C(=O)N(C)[C@@H](CC(C)C)C(=O)N(C)[C@@H](CC(C)C)C(=O)N(C)[C@@H](C(C)C)C(=O)N1C. The van der Waals surface area contributed by atoms with Gasteiger partial charge in [0.1, 0.15) is 60.4 Å². The Hall–Kier alpha value is -5.70. The first-order valence-corrected chi connectivity index (χ1v) is 35.9. The minimum atomic E-state index is -1.65. The van der Waals surface area contributed by atoms with Crippen LogP contribution in [0.25, 0.3) is 0 Å². The van der Waals surface area contributed by atoms with Gasteiger partial charge in [0.05, 0.1) is 24.3 Å². The summed E-state index contributed by atoms with van der Waals surface area (Å²) in [7, 11) is 10.1. The minimum Gasteiger partial charge on any atom is -0.396 e. The third kappa shape index (κ3) is 26.9. The van der Waals surface area contributed by atoms with Gasteiger partial charge >= 0.3 is 0 Å². The average Bonchev–Trinajstić information content (AvgIpc) is 0.813. The van der Waals surface area contributed by atoms with Gasteiger partial charge in [-0.3, -0.25) is 57.6 Å². The third-order valence-corrected chi connectivity index (χ3v) is 19.2. The number of aliphatic hydroxyl groups excluding tert-OH is 2. The summed E-state index contributed by atoms with van der Waals surface area (Å²) < 4.78 is 0. The van der Waals surface area contributed by atoms with Crippen molar-refractivity contribution in [1.29, 1.82) is 0 Å². The fourth-order valence-corrected chi connectivity index (χ4v) is 13.2. The molecule has 0 bridgehead atoms. The summed E-state index contributed by atoms with van der Waals surface area (Å²) in [5, 5.41) is 44.1. The molecule has 0 radical (unpaired) electrons. The molecule has 96 heavy (non-hydrogen) atoms. The number of rotatable bonds is 23. The Morgan fingerprint density at radius 2 is 1.00 bits per heavy atom. The molecule has 25 nitrogen and oxygen atoms in total. The van der Waals surface area contributed by atoms with Crippen molar-refractivity contribution >= 4 is 76.6 Å². The highest BCUT2D eigenvalue weighted by Crippen LogP contribution is 2.27. The first-order chi connectivity index (χ1) is 44.4. The molecule has 0 unspecified atom stereocenters. The maximum Gasteiger partial charge on any atom is 0.246 e. The van der Waals surface area contributed by atoms with Gasteiger partial charge < -0.3 is 66.0 Å². The van der Waals surface area contributed by atoms with Gasteiger partial charge in [0, 0.05) is 61.1 Å². The number of unbranched alkanes of at least 4 members (excludes halogenated alkanes) is 3. The van der Waals surface area contributed by atoms with Crippen LogP contribution in [0.5, 0.6) is 0 Å². The van der Waals surface area contributed by atoms with Crippen molar-refractivity contribution in [3.63, 3.8) is 0 Å². The fraction of sp³-hybridized carbons (Fsp3) is 0.814. The van der Waals surface area contributed by atoms with E-state index in [0.717, 1.165) is 24.2 Å². The maximum atomic E-state index is 15.4. The van der Waals surface area contributed by atoms with Crippen molar-refractivity contribution in [2.75, 3.05) is 74.0 Å². The van der Waals surface area contributed by atoms with E-state index in [4.69, 9.17) is 0 Å². The summed E-state index contributed by atoms with van der Waals surface area (Å²) in [5.41, 5.74) is -1.50. The van der Waals surface area contributed by atoms with E-state index in [0.29, 0.717) is 18.6 Å². The Kier molecular flexibility index (Phi) is 38.3. The largest absolute Gasteiger partial charge is 0.396 e. The molecule has 1 aliphatic rings. The summed E-state index contributed by atoms with van der Waals surface area (Å²) in [4.78, 5) is 172. The molecule has 0 aromatic carbocycles. The maximum absolute atomic E-state index is 15.4. The van der Waals surface area contributed by atoms with Gasteiger partial charge in [-0.15, -0.1) is 0 Å². The Morgan fingerprint density at radius 1 is 0.531 bits per heavy atom. The highest BCUT2D eigenvalue weighted by atomic mass is 32.2. The average molecular weight is 1380 g/mol. The number of nitrogens with one attached hydrogen (secondary N) is 4. The molecule has 1 heterocycles. The second-order valence-electron chi connectivity index (χ2n) is 29.3. The van der Waals surface area contributed by atoms with Gasteiger partial charge in [-0.05, 0) is 128 Å². The molecule has 0 aliphatic carbocycles. The number of allylic oxidation sites excluding steroid dienone is 2. The van der Waals surface area contributed by atoms with Crippen LogP contribution in [0, 0.1) is 35.5 Å². The lowest BCUT2D eigenvalue weighted by atomic mass is 9.91. The molecule has 1 rings (SSSR count). The molecule has 10 amide bonds. The zero-order chi connectivity index (χ0) is 74.1. The second kappa shape index (κ2) is 41.6. The van der Waals surface area contributed by atoms with Gasteiger partial charge in [-0.1, -0.05) is 108 Å². The molecular formula is C70H127N11O14S. The van der Waals surface area contributed by atoms with E-state index in [2.05, 4.69) is 21.3 Å². The molecule has 0 spiro atoms. The van der Waals surface area contributed by atoms with Gasteiger partial charge in [-0.2, -0.15) is 11.8 Å². The van der Waals surface area contributed by atoms with E-state index in [9.17, 15) is 39.3 Å². The number of Topliss-reactive ketones (excluding diaryl/α,β-unsaturated/α-hetero) is 1. The van der Waals surface area contributed by atoms with Crippen molar-refractivity contribution < 1.29 is 68.1 Å². The second-order valence-corrected chi connectivity index (χ2v) is 30.5.